The van der Waals surface area contributed by atoms with Crippen molar-refractivity contribution in [3.63, 3.8) is 0 Å². The lowest BCUT2D eigenvalue weighted by molar-refractivity contribution is 0.157. The zero-order valence-corrected chi connectivity index (χ0v) is 16.0. The second-order valence-corrected chi connectivity index (χ2v) is 6.87. The SMILES string of the molecule is COc1cc2c(Nc3cccc(C)c3F)ncnc2cc1OC1CCNCC1. The minimum Gasteiger partial charge on any atom is -0.493 e. The van der Waals surface area contributed by atoms with Crippen LogP contribution in [0.2, 0.25) is 0 Å². The molecule has 0 unspecified atom stereocenters. The first-order valence-corrected chi connectivity index (χ1v) is 9.38. The van der Waals surface area contributed by atoms with Crippen LogP contribution < -0.4 is 20.1 Å². The molecule has 2 aromatic carbocycles. The van der Waals surface area contributed by atoms with Gasteiger partial charge in [0.15, 0.2) is 11.5 Å². The molecule has 0 atom stereocenters. The van der Waals surface area contributed by atoms with Gasteiger partial charge in [-0.15, -0.1) is 0 Å². The Morgan fingerprint density at radius 3 is 2.75 bits per heavy atom. The molecule has 0 spiro atoms. The normalized spacial score (nSPS) is 14.8. The minimum atomic E-state index is -0.299. The lowest BCUT2D eigenvalue weighted by Crippen LogP contribution is -2.34. The van der Waals surface area contributed by atoms with Crippen molar-refractivity contribution in [2.75, 3.05) is 25.5 Å². The lowest BCUT2D eigenvalue weighted by Gasteiger charge is -2.25. The number of nitrogens with one attached hydrogen (secondary N) is 2. The molecule has 0 amide bonds. The summed E-state index contributed by atoms with van der Waals surface area (Å²) in [5.41, 5.74) is 1.64. The lowest BCUT2D eigenvalue weighted by atomic mass is 10.1. The molecule has 1 fully saturated rings. The third-order valence-corrected chi connectivity index (χ3v) is 4.95. The van der Waals surface area contributed by atoms with Gasteiger partial charge < -0.3 is 20.1 Å². The topological polar surface area (TPSA) is 68.3 Å². The van der Waals surface area contributed by atoms with Gasteiger partial charge in [-0.2, -0.15) is 0 Å². The molecule has 0 saturated carbocycles. The van der Waals surface area contributed by atoms with E-state index in [9.17, 15) is 4.39 Å². The average Bonchev–Trinajstić information content (AvgIpc) is 2.72. The molecule has 7 heteroatoms. The number of aryl methyl sites for hydroxylation is 1. The summed E-state index contributed by atoms with van der Waals surface area (Å²) in [6, 6.07) is 8.90. The second kappa shape index (κ2) is 7.98. The summed E-state index contributed by atoms with van der Waals surface area (Å²) in [7, 11) is 1.60. The largest absolute Gasteiger partial charge is 0.493 e. The molecule has 1 saturated heterocycles. The number of fused-ring (bicyclic) bond motifs is 1. The van der Waals surface area contributed by atoms with Gasteiger partial charge in [0.1, 0.15) is 24.1 Å². The molecule has 0 aliphatic carbocycles. The highest BCUT2D eigenvalue weighted by atomic mass is 19.1. The standard InChI is InChI=1S/C21H23FN4O2/c1-13-4-3-5-16(20(13)22)26-21-15-10-18(27-2)19(11-17(15)24-12-25-21)28-14-6-8-23-9-7-14/h3-5,10-12,14,23H,6-9H2,1-2H3,(H,24,25,26). The molecule has 0 bridgehead atoms. The predicted octanol–water partition coefficient (Wildman–Crippen LogP) is 3.96. The molecule has 0 radical (unpaired) electrons. The number of ether oxygens (including phenoxy) is 2. The van der Waals surface area contributed by atoms with Crippen LogP contribution in [-0.4, -0.2) is 36.3 Å². The van der Waals surface area contributed by atoms with E-state index in [-0.39, 0.29) is 11.9 Å². The number of hydrogen-bond donors (Lipinski definition) is 2. The molecule has 1 aliphatic rings. The third-order valence-electron chi connectivity index (χ3n) is 4.95. The summed E-state index contributed by atoms with van der Waals surface area (Å²) in [4.78, 5) is 8.66. The van der Waals surface area contributed by atoms with Crippen molar-refractivity contribution in [3.8, 4) is 11.5 Å². The molecular formula is C21H23FN4O2. The van der Waals surface area contributed by atoms with E-state index in [0.29, 0.717) is 34.1 Å². The molecule has 3 aromatic rings. The maximum Gasteiger partial charge on any atom is 0.163 e. The first kappa shape index (κ1) is 18.4. The number of anilines is 2. The molecule has 6 nitrogen and oxygen atoms in total. The highest BCUT2D eigenvalue weighted by Crippen LogP contribution is 2.36. The Bertz CT molecular complexity index is 990. The molecular weight excluding hydrogens is 359 g/mol. The van der Waals surface area contributed by atoms with E-state index in [2.05, 4.69) is 20.6 Å². The van der Waals surface area contributed by atoms with Crippen LogP contribution in [0, 0.1) is 12.7 Å². The zero-order valence-electron chi connectivity index (χ0n) is 16.0. The Morgan fingerprint density at radius 2 is 1.96 bits per heavy atom. The third kappa shape index (κ3) is 3.71. The molecule has 28 heavy (non-hydrogen) atoms. The molecule has 2 heterocycles. The Kier molecular flexibility index (Phi) is 5.25. The van der Waals surface area contributed by atoms with Crippen molar-refractivity contribution in [1.82, 2.24) is 15.3 Å². The number of hydrogen-bond acceptors (Lipinski definition) is 6. The number of rotatable bonds is 5. The van der Waals surface area contributed by atoms with E-state index in [4.69, 9.17) is 9.47 Å². The van der Waals surface area contributed by atoms with Gasteiger partial charge in [0.2, 0.25) is 0 Å². The highest BCUT2D eigenvalue weighted by molar-refractivity contribution is 5.93. The van der Waals surface area contributed by atoms with Crippen LogP contribution in [0.3, 0.4) is 0 Å². The summed E-state index contributed by atoms with van der Waals surface area (Å²) in [6.07, 6.45) is 3.50. The van der Waals surface area contributed by atoms with Crippen molar-refractivity contribution in [1.29, 1.82) is 0 Å². The fourth-order valence-corrected chi connectivity index (χ4v) is 3.38. The summed E-state index contributed by atoms with van der Waals surface area (Å²) < 4.78 is 26.1. The van der Waals surface area contributed by atoms with Crippen LogP contribution in [0.25, 0.3) is 10.9 Å². The minimum absolute atomic E-state index is 0.147. The second-order valence-electron chi connectivity index (χ2n) is 6.87. The number of halogens is 1. The smallest absolute Gasteiger partial charge is 0.163 e. The number of piperidine rings is 1. The highest BCUT2D eigenvalue weighted by Gasteiger charge is 2.19. The maximum absolute atomic E-state index is 14.4. The number of methoxy groups -OCH3 is 1. The first-order chi connectivity index (χ1) is 13.7. The van der Waals surface area contributed by atoms with Gasteiger partial charge in [-0.25, -0.2) is 14.4 Å². The van der Waals surface area contributed by atoms with Gasteiger partial charge in [-0.1, -0.05) is 12.1 Å². The van der Waals surface area contributed by atoms with E-state index in [1.54, 1.807) is 32.2 Å². The van der Waals surface area contributed by atoms with Crippen LogP contribution in [0.5, 0.6) is 11.5 Å². The van der Waals surface area contributed by atoms with Gasteiger partial charge in [0.25, 0.3) is 0 Å². The van der Waals surface area contributed by atoms with Crippen molar-refractivity contribution in [2.24, 2.45) is 0 Å². The molecule has 1 aromatic heterocycles. The van der Waals surface area contributed by atoms with Crippen LogP contribution >= 0.6 is 0 Å². The van der Waals surface area contributed by atoms with E-state index >= 15 is 0 Å². The molecule has 2 N–H and O–H groups in total. The Hall–Kier alpha value is -2.93. The zero-order chi connectivity index (χ0) is 19.5. The van der Waals surface area contributed by atoms with Crippen molar-refractivity contribution >= 4 is 22.4 Å². The van der Waals surface area contributed by atoms with E-state index in [0.717, 1.165) is 31.3 Å². The van der Waals surface area contributed by atoms with Crippen LogP contribution in [0.4, 0.5) is 15.9 Å². The Labute approximate surface area is 163 Å². The van der Waals surface area contributed by atoms with Crippen molar-refractivity contribution < 1.29 is 13.9 Å². The number of benzene rings is 2. The summed E-state index contributed by atoms with van der Waals surface area (Å²) >= 11 is 0. The van der Waals surface area contributed by atoms with Crippen molar-refractivity contribution in [2.45, 2.75) is 25.9 Å². The summed E-state index contributed by atoms with van der Waals surface area (Å²) in [6.45, 7) is 3.61. The predicted molar refractivity (Wildman–Crippen MR) is 107 cm³/mol. The number of aromatic nitrogens is 2. The first-order valence-electron chi connectivity index (χ1n) is 9.38. The van der Waals surface area contributed by atoms with Gasteiger partial charge in [0, 0.05) is 11.5 Å². The molecule has 1 aliphatic heterocycles. The van der Waals surface area contributed by atoms with E-state index in [1.807, 2.05) is 12.1 Å². The van der Waals surface area contributed by atoms with E-state index in [1.165, 1.54) is 6.33 Å². The fraction of sp³-hybridized carbons (Fsp3) is 0.333. The summed E-state index contributed by atoms with van der Waals surface area (Å²) in [5, 5.41) is 7.14. The van der Waals surface area contributed by atoms with Crippen molar-refractivity contribution in [3.05, 3.63) is 48.0 Å². The average molecular weight is 382 g/mol. The molecule has 146 valence electrons. The monoisotopic (exact) mass is 382 g/mol. The quantitative estimate of drug-likeness (QED) is 0.696. The van der Waals surface area contributed by atoms with Crippen LogP contribution in [0.1, 0.15) is 18.4 Å². The van der Waals surface area contributed by atoms with Gasteiger partial charge in [-0.05, 0) is 50.6 Å². The van der Waals surface area contributed by atoms with E-state index < -0.39 is 0 Å². The summed E-state index contributed by atoms with van der Waals surface area (Å²) in [5.74, 6) is 1.48. The van der Waals surface area contributed by atoms with Gasteiger partial charge in [-0.3, -0.25) is 0 Å². The van der Waals surface area contributed by atoms with Crippen LogP contribution in [-0.2, 0) is 0 Å². The Morgan fingerprint density at radius 1 is 1.14 bits per heavy atom. The van der Waals surface area contributed by atoms with Crippen LogP contribution in [0.15, 0.2) is 36.7 Å². The molecule has 4 rings (SSSR count). The van der Waals surface area contributed by atoms with Gasteiger partial charge >= 0.3 is 0 Å². The maximum atomic E-state index is 14.4. The fourth-order valence-electron chi connectivity index (χ4n) is 3.38. The number of nitrogens with zero attached hydrogens (tertiary/aromatic N) is 2. The van der Waals surface area contributed by atoms with Gasteiger partial charge in [0.05, 0.1) is 18.3 Å². The Balaban J connectivity index is 1.70.